The lowest BCUT2D eigenvalue weighted by Gasteiger charge is -2.18. The highest BCUT2D eigenvalue weighted by Gasteiger charge is 2.19. The van der Waals surface area contributed by atoms with Crippen LogP contribution in [0.1, 0.15) is 361 Å². The second kappa shape index (κ2) is 61.4. The zero-order valence-corrected chi connectivity index (χ0v) is 48.7. The van der Waals surface area contributed by atoms with Crippen LogP contribution >= 0.6 is 0 Å². The Balaban J connectivity index is 4.25. The van der Waals surface area contributed by atoms with Crippen LogP contribution in [0.3, 0.4) is 0 Å². The first kappa shape index (κ1) is 69.9. The monoisotopic (exact) mass is 1010 g/mol. The summed E-state index contributed by atoms with van der Waals surface area (Å²) in [4.78, 5) is 38.3. The SMILES string of the molecule is CCCCCCC/C=C\CCCCCCCC(=O)OCC(COC(=O)CCCCCCCCCCCCCCCCCCCCCCCCCC)OC(=O)CCCCCCC/C=C\CCCCCCCCC. The van der Waals surface area contributed by atoms with E-state index in [-0.39, 0.29) is 31.1 Å². The Bertz CT molecular complexity index is 1160. The molecule has 424 valence electrons. The van der Waals surface area contributed by atoms with Crippen LogP contribution in [0.25, 0.3) is 0 Å². The molecule has 0 heterocycles. The third kappa shape index (κ3) is 58.8. The van der Waals surface area contributed by atoms with Crippen molar-refractivity contribution in [3.63, 3.8) is 0 Å². The summed E-state index contributed by atoms with van der Waals surface area (Å²) < 4.78 is 16.9. The largest absolute Gasteiger partial charge is 0.462 e. The molecule has 0 aromatic carbocycles. The van der Waals surface area contributed by atoms with Gasteiger partial charge < -0.3 is 14.2 Å². The average Bonchev–Trinajstić information content (AvgIpc) is 3.38. The average molecular weight is 1010 g/mol. The van der Waals surface area contributed by atoms with Crippen molar-refractivity contribution in [2.45, 2.75) is 367 Å². The zero-order valence-electron chi connectivity index (χ0n) is 48.7. The van der Waals surface area contributed by atoms with Crippen LogP contribution in [-0.4, -0.2) is 37.2 Å². The van der Waals surface area contributed by atoms with E-state index in [1.54, 1.807) is 0 Å². The number of rotatable bonds is 60. The number of carbonyl (C=O) groups is 3. The molecule has 6 heteroatoms. The molecule has 0 aromatic heterocycles. The number of unbranched alkanes of at least 4 members (excludes halogenated alkanes) is 45. The number of ether oxygens (including phenoxy) is 3. The summed E-state index contributed by atoms with van der Waals surface area (Å²) in [6, 6.07) is 0. The molecule has 6 nitrogen and oxygen atoms in total. The first-order valence-corrected chi connectivity index (χ1v) is 32.3. The van der Waals surface area contributed by atoms with Crippen molar-refractivity contribution in [1.82, 2.24) is 0 Å². The van der Waals surface area contributed by atoms with Gasteiger partial charge in [-0.05, 0) is 70.6 Å². The molecule has 0 aliphatic carbocycles. The summed E-state index contributed by atoms with van der Waals surface area (Å²) in [5.74, 6) is -0.865. The lowest BCUT2D eigenvalue weighted by molar-refractivity contribution is -0.167. The van der Waals surface area contributed by atoms with Crippen molar-refractivity contribution in [1.29, 1.82) is 0 Å². The lowest BCUT2D eigenvalue weighted by atomic mass is 10.0. The molecule has 0 amide bonds. The summed E-state index contributed by atoms with van der Waals surface area (Å²) in [5, 5.41) is 0. The third-order valence-electron chi connectivity index (χ3n) is 14.7. The summed E-state index contributed by atoms with van der Waals surface area (Å²) >= 11 is 0. The van der Waals surface area contributed by atoms with Gasteiger partial charge in [0.1, 0.15) is 13.2 Å². The highest BCUT2D eigenvalue weighted by molar-refractivity contribution is 5.71. The number of carbonyl (C=O) groups excluding carboxylic acids is 3. The number of esters is 3. The van der Waals surface area contributed by atoms with Gasteiger partial charge in [-0.1, -0.05) is 295 Å². The second-order valence-electron chi connectivity index (χ2n) is 22.0. The van der Waals surface area contributed by atoms with Gasteiger partial charge in [-0.15, -0.1) is 0 Å². The van der Waals surface area contributed by atoms with E-state index in [2.05, 4.69) is 45.1 Å². The Labute approximate surface area is 449 Å². The van der Waals surface area contributed by atoms with E-state index >= 15 is 0 Å². The topological polar surface area (TPSA) is 78.9 Å². The van der Waals surface area contributed by atoms with Crippen LogP contribution in [0.15, 0.2) is 24.3 Å². The summed E-state index contributed by atoms with van der Waals surface area (Å²) in [6.07, 6.45) is 73.3. The van der Waals surface area contributed by atoms with Crippen molar-refractivity contribution in [2.75, 3.05) is 13.2 Å². The minimum absolute atomic E-state index is 0.0724. The van der Waals surface area contributed by atoms with Crippen molar-refractivity contribution >= 4 is 17.9 Å². The van der Waals surface area contributed by atoms with Crippen LogP contribution in [0.4, 0.5) is 0 Å². The van der Waals surface area contributed by atoms with Gasteiger partial charge in [0.25, 0.3) is 0 Å². The molecule has 0 radical (unpaired) electrons. The molecule has 72 heavy (non-hydrogen) atoms. The molecule has 0 saturated carbocycles. The van der Waals surface area contributed by atoms with Crippen LogP contribution < -0.4 is 0 Å². The minimum atomic E-state index is -0.776. The van der Waals surface area contributed by atoms with Gasteiger partial charge in [-0.2, -0.15) is 0 Å². The highest BCUT2D eigenvalue weighted by atomic mass is 16.6. The fourth-order valence-electron chi connectivity index (χ4n) is 9.79. The maximum absolute atomic E-state index is 12.9. The van der Waals surface area contributed by atoms with E-state index in [4.69, 9.17) is 14.2 Å². The molecule has 0 rings (SSSR count). The van der Waals surface area contributed by atoms with E-state index < -0.39 is 6.10 Å². The van der Waals surface area contributed by atoms with E-state index in [1.165, 1.54) is 250 Å². The van der Waals surface area contributed by atoms with Crippen LogP contribution in [0.5, 0.6) is 0 Å². The van der Waals surface area contributed by atoms with Crippen molar-refractivity contribution in [3.8, 4) is 0 Å². The molecule has 0 saturated heterocycles. The quantitative estimate of drug-likeness (QED) is 0.0261. The molecule has 0 N–H and O–H groups in total. The summed E-state index contributed by atoms with van der Waals surface area (Å²) in [7, 11) is 0. The molecular formula is C66H124O6. The van der Waals surface area contributed by atoms with Crippen molar-refractivity contribution < 1.29 is 28.6 Å². The first-order valence-electron chi connectivity index (χ1n) is 32.3. The van der Waals surface area contributed by atoms with Gasteiger partial charge in [0.05, 0.1) is 0 Å². The number of allylic oxidation sites excluding steroid dienone is 4. The molecule has 0 aliphatic heterocycles. The normalized spacial score (nSPS) is 12.1. The fraction of sp³-hybridized carbons (Fsp3) is 0.894. The van der Waals surface area contributed by atoms with Gasteiger partial charge in [-0.3, -0.25) is 14.4 Å². The minimum Gasteiger partial charge on any atom is -0.462 e. The predicted octanol–water partition coefficient (Wildman–Crippen LogP) is 21.8. The molecule has 0 aliphatic rings. The molecular weight excluding hydrogens is 889 g/mol. The number of hydrogen-bond donors (Lipinski definition) is 0. The van der Waals surface area contributed by atoms with Gasteiger partial charge >= 0.3 is 17.9 Å². The lowest BCUT2D eigenvalue weighted by Crippen LogP contribution is -2.30. The Hall–Kier alpha value is -2.11. The third-order valence-corrected chi connectivity index (χ3v) is 14.7. The Morgan fingerprint density at radius 3 is 0.694 bits per heavy atom. The molecule has 0 fully saturated rings. The maximum Gasteiger partial charge on any atom is 0.306 e. The summed E-state index contributed by atoms with van der Waals surface area (Å²) in [6.45, 7) is 6.68. The molecule has 1 atom stereocenters. The number of hydrogen-bond acceptors (Lipinski definition) is 6. The van der Waals surface area contributed by atoms with Gasteiger partial charge in [-0.25, -0.2) is 0 Å². The maximum atomic E-state index is 12.9. The smallest absolute Gasteiger partial charge is 0.306 e. The first-order chi connectivity index (χ1) is 35.5. The molecule has 0 spiro atoms. The Morgan fingerprint density at radius 2 is 0.458 bits per heavy atom. The highest BCUT2D eigenvalue weighted by Crippen LogP contribution is 2.18. The Kier molecular flexibility index (Phi) is 59.6. The fourth-order valence-corrected chi connectivity index (χ4v) is 9.79. The standard InChI is InChI=1S/C66H124O6/c1-4-7-10-13-16-19-22-25-28-30-31-32-33-34-35-36-37-39-41-44-47-50-53-56-59-65(68)71-62-63(61-70-64(67)58-55-52-49-46-43-40-27-24-21-18-15-12-9-6-3)72-66(69)60-57-54-51-48-45-42-38-29-26-23-20-17-14-11-8-5-2/h24,27,29,38,63H,4-23,25-26,28,30-37,39-62H2,1-3H3/b27-24-,38-29-. The van der Waals surface area contributed by atoms with E-state index in [1.807, 2.05) is 0 Å². The van der Waals surface area contributed by atoms with E-state index in [0.29, 0.717) is 19.3 Å². The van der Waals surface area contributed by atoms with Crippen LogP contribution in [-0.2, 0) is 28.6 Å². The van der Waals surface area contributed by atoms with Gasteiger partial charge in [0.2, 0.25) is 0 Å². The van der Waals surface area contributed by atoms with E-state index in [9.17, 15) is 14.4 Å². The zero-order chi connectivity index (χ0) is 52.2. The molecule has 0 aromatic rings. The van der Waals surface area contributed by atoms with Gasteiger partial charge in [0.15, 0.2) is 6.10 Å². The second-order valence-corrected chi connectivity index (χ2v) is 22.0. The van der Waals surface area contributed by atoms with Crippen LogP contribution in [0, 0.1) is 0 Å². The van der Waals surface area contributed by atoms with Crippen LogP contribution in [0.2, 0.25) is 0 Å². The van der Waals surface area contributed by atoms with Crippen molar-refractivity contribution in [3.05, 3.63) is 24.3 Å². The molecule has 0 bridgehead atoms. The van der Waals surface area contributed by atoms with Gasteiger partial charge in [0, 0.05) is 19.3 Å². The molecule has 1 unspecified atom stereocenters. The summed E-state index contributed by atoms with van der Waals surface area (Å²) in [5.41, 5.74) is 0. The van der Waals surface area contributed by atoms with E-state index in [0.717, 1.165) is 70.6 Å². The Morgan fingerprint density at radius 1 is 0.264 bits per heavy atom. The van der Waals surface area contributed by atoms with Crippen molar-refractivity contribution in [2.24, 2.45) is 0 Å². The predicted molar refractivity (Wildman–Crippen MR) is 312 cm³/mol.